The molecule has 1 N–H and O–H groups in total. The van der Waals surface area contributed by atoms with Crippen LogP contribution in [0.1, 0.15) is 38.0 Å². The van der Waals surface area contributed by atoms with Crippen molar-refractivity contribution >= 4 is 5.69 Å². The molecule has 0 spiro atoms. The van der Waals surface area contributed by atoms with Crippen molar-refractivity contribution in [3.63, 3.8) is 0 Å². The Kier molecular flexibility index (Phi) is 4.80. The van der Waals surface area contributed by atoms with Crippen LogP contribution in [0.25, 0.3) is 0 Å². The van der Waals surface area contributed by atoms with Gasteiger partial charge in [0.05, 0.1) is 6.10 Å². The van der Waals surface area contributed by atoms with Gasteiger partial charge in [0.1, 0.15) is 0 Å². The summed E-state index contributed by atoms with van der Waals surface area (Å²) in [5.74, 6) is 0. The van der Waals surface area contributed by atoms with Crippen LogP contribution in [-0.2, 0) is 6.54 Å². The molecule has 1 atom stereocenters. The summed E-state index contributed by atoms with van der Waals surface area (Å²) in [7, 11) is 0. The topological polar surface area (TPSA) is 23.5 Å². The third-order valence-corrected chi connectivity index (χ3v) is 3.53. The van der Waals surface area contributed by atoms with E-state index < -0.39 is 6.10 Å². The zero-order valence-corrected chi connectivity index (χ0v) is 12.5. The highest BCUT2D eigenvalue weighted by molar-refractivity contribution is 5.49. The van der Waals surface area contributed by atoms with Crippen molar-refractivity contribution in [3.05, 3.63) is 65.7 Å². The third-order valence-electron chi connectivity index (χ3n) is 3.53. The first kappa shape index (κ1) is 14.6. The molecule has 0 aromatic heterocycles. The van der Waals surface area contributed by atoms with E-state index in [4.69, 9.17) is 0 Å². The van der Waals surface area contributed by atoms with Crippen LogP contribution >= 0.6 is 0 Å². The Bertz CT molecular complexity index is 517. The second kappa shape index (κ2) is 6.58. The predicted octanol–water partition coefficient (Wildman–Crippen LogP) is 4.15. The number of aliphatic hydroxyl groups excluding tert-OH is 1. The SMILES string of the molecule is CC(O)c1ccc(N(Cc2ccccc2)C(C)C)cc1. The summed E-state index contributed by atoms with van der Waals surface area (Å²) in [6.07, 6.45) is -0.411. The maximum absolute atomic E-state index is 9.58. The van der Waals surface area contributed by atoms with Crippen LogP contribution in [0.4, 0.5) is 5.69 Å². The molecule has 1 unspecified atom stereocenters. The number of rotatable bonds is 5. The number of anilines is 1. The van der Waals surface area contributed by atoms with Crippen LogP contribution in [0, 0.1) is 0 Å². The molecule has 0 amide bonds. The Balaban J connectivity index is 2.20. The Morgan fingerprint density at radius 1 is 0.900 bits per heavy atom. The van der Waals surface area contributed by atoms with E-state index in [2.05, 4.69) is 55.1 Å². The van der Waals surface area contributed by atoms with Crippen molar-refractivity contribution in [2.24, 2.45) is 0 Å². The van der Waals surface area contributed by atoms with E-state index in [1.165, 1.54) is 11.3 Å². The van der Waals surface area contributed by atoms with Gasteiger partial charge in [-0.05, 0) is 44.0 Å². The van der Waals surface area contributed by atoms with Gasteiger partial charge in [-0.1, -0.05) is 42.5 Å². The number of aliphatic hydroxyl groups is 1. The molecule has 0 radical (unpaired) electrons. The van der Waals surface area contributed by atoms with Crippen molar-refractivity contribution in [2.45, 2.75) is 39.5 Å². The van der Waals surface area contributed by atoms with Crippen molar-refractivity contribution in [1.29, 1.82) is 0 Å². The summed E-state index contributed by atoms with van der Waals surface area (Å²) in [4.78, 5) is 2.36. The highest BCUT2D eigenvalue weighted by atomic mass is 16.3. The summed E-state index contributed by atoms with van der Waals surface area (Å²) in [6.45, 7) is 7.09. The zero-order chi connectivity index (χ0) is 14.5. The van der Waals surface area contributed by atoms with Crippen molar-refractivity contribution in [1.82, 2.24) is 0 Å². The molecule has 20 heavy (non-hydrogen) atoms. The Morgan fingerprint density at radius 3 is 2.00 bits per heavy atom. The molecular formula is C18H23NO. The predicted molar refractivity (Wildman–Crippen MR) is 84.8 cm³/mol. The maximum Gasteiger partial charge on any atom is 0.0761 e. The Hall–Kier alpha value is -1.80. The number of hydrogen-bond donors (Lipinski definition) is 1. The molecule has 0 saturated heterocycles. The minimum Gasteiger partial charge on any atom is -0.389 e. The first-order valence-corrected chi connectivity index (χ1v) is 7.16. The fourth-order valence-electron chi connectivity index (χ4n) is 2.30. The molecule has 0 aliphatic rings. The van der Waals surface area contributed by atoms with Crippen LogP contribution in [-0.4, -0.2) is 11.1 Å². The lowest BCUT2D eigenvalue weighted by Gasteiger charge is -2.29. The summed E-state index contributed by atoms with van der Waals surface area (Å²) in [6, 6.07) is 19.1. The lowest BCUT2D eigenvalue weighted by atomic mass is 10.1. The molecule has 0 heterocycles. The van der Waals surface area contributed by atoms with E-state index in [9.17, 15) is 5.11 Å². The molecule has 106 valence electrons. The van der Waals surface area contributed by atoms with E-state index in [1.807, 2.05) is 18.2 Å². The summed E-state index contributed by atoms with van der Waals surface area (Å²) < 4.78 is 0. The number of benzene rings is 2. The first-order valence-electron chi connectivity index (χ1n) is 7.16. The van der Waals surface area contributed by atoms with Gasteiger partial charge in [-0.3, -0.25) is 0 Å². The van der Waals surface area contributed by atoms with E-state index in [-0.39, 0.29) is 0 Å². The second-order valence-corrected chi connectivity index (χ2v) is 5.47. The van der Waals surface area contributed by atoms with Crippen LogP contribution in [0.2, 0.25) is 0 Å². The van der Waals surface area contributed by atoms with Crippen LogP contribution in [0.3, 0.4) is 0 Å². The molecule has 0 aliphatic carbocycles. The van der Waals surface area contributed by atoms with Crippen molar-refractivity contribution < 1.29 is 5.11 Å². The average molecular weight is 269 g/mol. The highest BCUT2D eigenvalue weighted by Crippen LogP contribution is 2.22. The normalized spacial score (nSPS) is 12.4. The van der Waals surface area contributed by atoms with Gasteiger partial charge in [0, 0.05) is 18.3 Å². The summed E-state index contributed by atoms with van der Waals surface area (Å²) in [5.41, 5.74) is 3.45. The molecule has 0 bridgehead atoms. The molecule has 2 aromatic carbocycles. The van der Waals surface area contributed by atoms with Gasteiger partial charge < -0.3 is 10.0 Å². The van der Waals surface area contributed by atoms with Gasteiger partial charge in [0.25, 0.3) is 0 Å². The van der Waals surface area contributed by atoms with Gasteiger partial charge in [-0.25, -0.2) is 0 Å². The molecule has 2 rings (SSSR count). The van der Waals surface area contributed by atoms with E-state index >= 15 is 0 Å². The molecule has 0 aliphatic heterocycles. The third kappa shape index (κ3) is 3.61. The largest absolute Gasteiger partial charge is 0.389 e. The lowest BCUT2D eigenvalue weighted by Crippen LogP contribution is -2.30. The summed E-state index contributed by atoms with van der Waals surface area (Å²) >= 11 is 0. The quantitative estimate of drug-likeness (QED) is 0.881. The smallest absolute Gasteiger partial charge is 0.0761 e. The van der Waals surface area contributed by atoms with Gasteiger partial charge in [-0.2, -0.15) is 0 Å². The minimum atomic E-state index is -0.411. The van der Waals surface area contributed by atoms with E-state index in [0.717, 1.165) is 12.1 Å². The maximum atomic E-state index is 9.58. The number of nitrogens with zero attached hydrogens (tertiary/aromatic N) is 1. The zero-order valence-electron chi connectivity index (χ0n) is 12.5. The van der Waals surface area contributed by atoms with Crippen LogP contribution in [0.15, 0.2) is 54.6 Å². The fraction of sp³-hybridized carbons (Fsp3) is 0.333. The first-order chi connectivity index (χ1) is 9.58. The van der Waals surface area contributed by atoms with Gasteiger partial charge in [0.2, 0.25) is 0 Å². The lowest BCUT2D eigenvalue weighted by molar-refractivity contribution is 0.199. The number of hydrogen-bond acceptors (Lipinski definition) is 2. The molecule has 0 saturated carbocycles. The fourth-order valence-corrected chi connectivity index (χ4v) is 2.30. The summed E-state index contributed by atoms with van der Waals surface area (Å²) in [5, 5.41) is 9.58. The highest BCUT2D eigenvalue weighted by Gasteiger charge is 2.11. The Labute approximate surface area is 121 Å². The van der Waals surface area contributed by atoms with Crippen LogP contribution in [0.5, 0.6) is 0 Å². The van der Waals surface area contributed by atoms with Gasteiger partial charge in [-0.15, -0.1) is 0 Å². The van der Waals surface area contributed by atoms with E-state index in [0.29, 0.717) is 6.04 Å². The minimum absolute atomic E-state index is 0.411. The molecule has 2 aromatic rings. The Morgan fingerprint density at radius 2 is 1.50 bits per heavy atom. The standard InChI is InChI=1S/C18H23NO/c1-14(2)19(13-16-7-5-4-6-8-16)18-11-9-17(10-12-18)15(3)20/h4-12,14-15,20H,13H2,1-3H3. The molecule has 2 nitrogen and oxygen atoms in total. The van der Waals surface area contributed by atoms with E-state index in [1.54, 1.807) is 6.92 Å². The monoisotopic (exact) mass is 269 g/mol. The molecular weight excluding hydrogens is 246 g/mol. The molecule has 0 fully saturated rings. The van der Waals surface area contributed by atoms with Crippen molar-refractivity contribution in [3.8, 4) is 0 Å². The second-order valence-electron chi connectivity index (χ2n) is 5.47. The van der Waals surface area contributed by atoms with Gasteiger partial charge in [0.15, 0.2) is 0 Å². The van der Waals surface area contributed by atoms with Gasteiger partial charge >= 0.3 is 0 Å². The average Bonchev–Trinajstić information content (AvgIpc) is 2.45. The van der Waals surface area contributed by atoms with Crippen LogP contribution < -0.4 is 4.90 Å². The molecule has 2 heteroatoms. The van der Waals surface area contributed by atoms with Crippen molar-refractivity contribution in [2.75, 3.05) is 4.90 Å².